The fourth-order valence-corrected chi connectivity index (χ4v) is 4.25. The molecular weight excluding hydrogens is 406 g/mol. The number of carbonyl (C=O) groups excluding carboxylic acids is 2. The summed E-state index contributed by atoms with van der Waals surface area (Å²) in [7, 11) is 0. The third-order valence-corrected chi connectivity index (χ3v) is 6.15. The van der Waals surface area contributed by atoms with Crippen molar-refractivity contribution in [1.29, 1.82) is 0 Å². The van der Waals surface area contributed by atoms with Crippen LogP contribution in [0.4, 0.5) is 17.5 Å². The van der Waals surface area contributed by atoms with Gasteiger partial charge in [-0.25, -0.2) is 0 Å². The average Bonchev–Trinajstić information content (AvgIpc) is 2.70. The molecular formula is C21H24ClN5O3. The van der Waals surface area contributed by atoms with E-state index >= 15 is 0 Å². The number of anilines is 3. The van der Waals surface area contributed by atoms with E-state index in [1.165, 1.54) is 0 Å². The Bertz CT molecular complexity index is 1070. The van der Waals surface area contributed by atoms with Crippen molar-refractivity contribution >= 4 is 40.9 Å². The SMILES string of the molecule is Cc1c(Cl)cccc1NC(=O)[C@H]1CC(=O)Nc2nc(N3CCC[C@@H](C)C3)[nH]c(=O)c21. The monoisotopic (exact) mass is 429 g/mol. The van der Waals surface area contributed by atoms with E-state index in [-0.39, 0.29) is 23.7 Å². The summed E-state index contributed by atoms with van der Waals surface area (Å²) in [6, 6.07) is 5.19. The van der Waals surface area contributed by atoms with Gasteiger partial charge in [-0.2, -0.15) is 4.98 Å². The van der Waals surface area contributed by atoms with Crippen molar-refractivity contribution in [3.8, 4) is 0 Å². The first-order valence-corrected chi connectivity index (χ1v) is 10.5. The fourth-order valence-electron chi connectivity index (χ4n) is 4.08. The van der Waals surface area contributed by atoms with Crippen molar-refractivity contribution in [3.63, 3.8) is 0 Å². The minimum Gasteiger partial charge on any atom is -0.342 e. The molecule has 2 atom stereocenters. The smallest absolute Gasteiger partial charge is 0.258 e. The van der Waals surface area contributed by atoms with Gasteiger partial charge in [-0.15, -0.1) is 0 Å². The standard InChI is InChI=1S/C21H24ClN5O3/c1-11-5-4-8-27(10-11)21-25-18-17(20(30)26-21)13(9-16(28)24-18)19(29)23-15-7-3-6-14(22)12(15)2/h3,6-7,11,13H,4-5,8-10H2,1-2H3,(H,23,29)(H2,24,25,26,28,30)/t11-,13+/m1/s1. The van der Waals surface area contributed by atoms with Crippen LogP contribution in [0.2, 0.25) is 5.02 Å². The normalized spacial score (nSPS) is 21.0. The lowest BCUT2D eigenvalue weighted by atomic mass is 9.92. The van der Waals surface area contributed by atoms with Crippen LogP contribution in [0, 0.1) is 12.8 Å². The fraction of sp³-hybridized carbons (Fsp3) is 0.429. The average molecular weight is 430 g/mol. The molecule has 0 spiro atoms. The van der Waals surface area contributed by atoms with Gasteiger partial charge in [-0.3, -0.25) is 19.4 Å². The zero-order valence-corrected chi connectivity index (χ0v) is 17.7. The van der Waals surface area contributed by atoms with Gasteiger partial charge in [0, 0.05) is 30.2 Å². The highest BCUT2D eigenvalue weighted by Gasteiger charge is 2.35. The van der Waals surface area contributed by atoms with E-state index in [4.69, 9.17) is 11.6 Å². The minimum atomic E-state index is -0.933. The third-order valence-electron chi connectivity index (χ3n) is 5.74. The summed E-state index contributed by atoms with van der Waals surface area (Å²) in [4.78, 5) is 47.5. The van der Waals surface area contributed by atoms with Crippen molar-refractivity contribution in [2.75, 3.05) is 28.6 Å². The number of halogens is 1. The van der Waals surface area contributed by atoms with Crippen molar-refractivity contribution < 1.29 is 9.59 Å². The summed E-state index contributed by atoms with van der Waals surface area (Å²) in [5.74, 6) is -0.639. The highest BCUT2D eigenvalue weighted by molar-refractivity contribution is 6.31. The van der Waals surface area contributed by atoms with Gasteiger partial charge in [0.1, 0.15) is 5.82 Å². The number of H-pyrrole nitrogens is 1. The van der Waals surface area contributed by atoms with Gasteiger partial charge in [0.05, 0.1) is 11.5 Å². The van der Waals surface area contributed by atoms with Gasteiger partial charge < -0.3 is 15.5 Å². The molecule has 1 saturated heterocycles. The van der Waals surface area contributed by atoms with Crippen molar-refractivity contribution in [2.45, 2.75) is 39.0 Å². The number of carbonyl (C=O) groups is 2. The predicted molar refractivity (Wildman–Crippen MR) is 116 cm³/mol. The molecule has 2 amide bonds. The molecule has 2 aliphatic heterocycles. The molecule has 8 nitrogen and oxygen atoms in total. The number of piperidine rings is 1. The Labute approximate surface area is 179 Å². The minimum absolute atomic E-state index is 0.122. The molecule has 9 heteroatoms. The number of hydrogen-bond acceptors (Lipinski definition) is 5. The number of hydrogen-bond donors (Lipinski definition) is 3. The molecule has 0 bridgehead atoms. The van der Waals surface area contributed by atoms with Crippen molar-refractivity contribution in [1.82, 2.24) is 9.97 Å². The first kappa shape index (κ1) is 20.4. The summed E-state index contributed by atoms with van der Waals surface area (Å²) in [6.45, 7) is 5.52. The van der Waals surface area contributed by atoms with Crippen LogP contribution in [0.1, 0.15) is 43.2 Å². The van der Waals surface area contributed by atoms with E-state index in [1.807, 2.05) is 4.90 Å². The molecule has 1 fully saturated rings. The first-order chi connectivity index (χ1) is 14.3. The van der Waals surface area contributed by atoms with Gasteiger partial charge >= 0.3 is 0 Å². The lowest BCUT2D eigenvalue weighted by Crippen LogP contribution is -2.40. The molecule has 2 aromatic rings. The van der Waals surface area contributed by atoms with Crippen LogP contribution in [-0.4, -0.2) is 34.9 Å². The molecule has 3 heterocycles. The molecule has 0 radical (unpaired) electrons. The molecule has 0 aliphatic carbocycles. The Morgan fingerprint density at radius 3 is 2.90 bits per heavy atom. The van der Waals surface area contributed by atoms with E-state index in [2.05, 4.69) is 27.5 Å². The molecule has 30 heavy (non-hydrogen) atoms. The lowest BCUT2D eigenvalue weighted by Gasteiger charge is -2.32. The summed E-state index contributed by atoms with van der Waals surface area (Å²) in [5, 5.41) is 5.98. The maximum absolute atomic E-state index is 13.0. The van der Waals surface area contributed by atoms with E-state index in [9.17, 15) is 14.4 Å². The van der Waals surface area contributed by atoms with Crippen LogP contribution in [-0.2, 0) is 9.59 Å². The number of aromatic amines is 1. The second-order valence-corrected chi connectivity index (χ2v) is 8.46. The van der Waals surface area contributed by atoms with Crippen LogP contribution in [0.3, 0.4) is 0 Å². The number of nitrogens with one attached hydrogen (secondary N) is 3. The summed E-state index contributed by atoms with van der Waals surface area (Å²) < 4.78 is 0. The van der Waals surface area contributed by atoms with Gasteiger partial charge in [-0.1, -0.05) is 24.6 Å². The lowest BCUT2D eigenvalue weighted by molar-refractivity contribution is -0.123. The molecule has 1 aromatic heterocycles. The highest BCUT2D eigenvalue weighted by atomic mass is 35.5. The van der Waals surface area contributed by atoms with E-state index in [1.54, 1.807) is 25.1 Å². The molecule has 4 rings (SSSR count). The zero-order chi connectivity index (χ0) is 21.4. The Morgan fingerprint density at radius 2 is 2.13 bits per heavy atom. The number of benzene rings is 1. The maximum atomic E-state index is 13.0. The van der Waals surface area contributed by atoms with Crippen LogP contribution in [0.25, 0.3) is 0 Å². The topological polar surface area (TPSA) is 107 Å². The van der Waals surface area contributed by atoms with Crippen LogP contribution >= 0.6 is 11.6 Å². The van der Waals surface area contributed by atoms with Crippen molar-refractivity contribution in [3.05, 3.63) is 44.7 Å². The first-order valence-electron chi connectivity index (χ1n) is 10.1. The molecule has 158 valence electrons. The molecule has 1 aromatic carbocycles. The molecule has 3 N–H and O–H groups in total. The summed E-state index contributed by atoms with van der Waals surface area (Å²) in [5.41, 5.74) is 1.04. The van der Waals surface area contributed by atoms with Gasteiger partial charge in [0.15, 0.2) is 0 Å². The summed E-state index contributed by atoms with van der Waals surface area (Å²) in [6.07, 6.45) is 2.02. The predicted octanol–water partition coefficient (Wildman–Crippen LogP) is 3.03. The van der Waals surface area contributed by atoms with Gasteiger partial charge in [0.25, 0.3) is 5.56 Å². The largest absolute Gasteiger partial charge is 0.342 e. The van der Waals surface area contributed by atoms with E-state index in [0.29, 0.717) is 22.6 Å². The molecule has 0 unspecified atom stereocenters. The van der Waals surface area contributed by atoms with Crippen LogP contribution in [0.15, 0.2) is 23.0 Å². The Balaban J connectivity index is 1.66. The maximum Gasteiger partial charge on any atom is 0.258 e. The Hall–Kier alpha value is -2.87. The Morgan fingerprint density at radius 1 is 1.33 bits per heavy atom. The Kier molecular flexibility index (Phi) is 5.51. The number of nitrogens with zero attached hydrogens (tertiary/aromatic N) is 2. The zero-order valence-electron chi connectivity index (χ0n) is 16.9. The van der Waals surface area contributed by atoms with Gasteiger partial charge in [0.2, 0.25) is 17.8 Å². The van der Waals surface area contributed by atoms with Crippen LogP contribution < -0.4 is 21.1 Å². The van der Waals surface area contributed by atoms with Crippen LogP contribution in [0.5, 0.6) is 0 Å². The number of rotatable bonds is 3. The molecule has 0 saturated carbocycles. The van der Waals surface area contributed by atoms with Gasteiger partial charge in [-0.05, 0) is 43.4 Å². The van der Waals surface area contributed by atoms with Crippen molar-refractivity contribution in [2.24, 2.45) is 5.92 Å². The second kappa shape index (κ2) is 8.10. The quantitative estimate of drug-likeness (QED) is 0.695. The highest BCUT2D eigenvalue weighted by Crippen LogP contribution is 2.32. The number of fused-ring (bicyclic) bond motifs is 1. The third kappa shape index (κ3) is 3.92. The van der Waals surface area contributed by atoms with E-state index in [0.717, 1.165) is 31.5 Å². The molecule has 2 aliphatic rings. The van der Waals surface area contributed by atoms with E-state index < -0.39 is 17.4 Å². The summed E-state index contributed by atoms with van der Waals surface area (Å²) >= 11 is 6.13. The second-order valence-electron chi connectivity index (χ2n) is 8.05. The number of amides is 2. The number of aromatic nitrogens is 2.